The fourth-order valence-electron chi connectivity index (χ4n) is 3.66. The molecule has 2 aliphatic rings. The lowest BCUT2D eigenvalue weighted by atomic mass is 9.98. The Morgan fingerprint density at radius 3 is 2.36 bits per heavy atom. The fourth-order valence-corrected chi connectivity index (χ4v) is 4.76. The summed E-state index contributed by atoms with van der Waals surface area (Å²) < 4.78 is 0.827. The number of likely N-dealkylation sites (tertiary alicyclic amines) is 1. The molecule has 2 aromatic rings. The molecule has 1 fully saturated rings. The SMILES string of the molecule is O=C(CSC(=S)N1CCCC1)N1N=C(c2ccccc2)CC1c1ccccc1. The molecule has 1 unspecified atom stereocenters. The molecule has 6 heteroatoms. The van der Waals surface area contributed by atoms with Gasteiger partial charge in [0, 0.05) is 19.5 Å². The zero-order chi connectivity index (χ0) is 19.3. The van der Waals surface area contributed by atoms with Gasteiger partial charge >= 0.3 is 0 Å². The Labute approximate surface area is 175 Å². The van der Waals surface area contributed by atoms with Gasteiger partial charge in [0.2, 0.25) is 0 Å². The van der Waals surface area contributed by atoms with E-state index in [2.05, 4.69) is 17.0 Å². The second kappa shape index (κ2) is 8.88. The maximum atomic E-state index is 13.0. The number of rotatable bonds is 4. The number of nitrogens with zero attached hydrogens (tertiary/aromatic N) is 3. The van der Waals surface area contributed by atoms with Gasteiger partial charge in [-0.1, -0.05) is 84.6 Å². The van der Waals surface area contributed by atoms with Gasteiger partial charge < -0.3 is 4.90 Å². The van der Waals surface area contributed by atoms with Gasteiger partial charge in [-0.15, -0.1) is 0 Å². The van der Waals surface area contributed by atoms with Gasteiger partial charge in [-0.25, -0.2) is 5.01 Å². The van der Waals surface area contributed by atoms with Crippen molar-refractivity contribution in [2.24, 2.45) is 5.10 Å². The lowest BCUT2D eigenvalue weighted by Crippen LogP contribution is -2.30. The first kappa shape index (κ1) is 19.2. The van der Waals surface area contributed by atoms with Gasteiger partial charge in [0.25, 0.3) is 5.91 Å². The van der Waals surface area contributed by atoms with Crippen LogP contribution in [0.1, 0.15) is 36.4 Å². The average molecular weight is 410 g/mol. The molecule has 0 aromatic heterocycles. The molecule has 28 heavy (non-hydrogen) atoms. The molecule has 0 saturated carbocycles. The highest BCUT2D eigenvalue weighted by atomic mass is 32.2. The number of benzene rings is 2. The van der Waals surface area contributed by atoms with E-state index in [1.807, 2.05) is 48.5 Å². The third-order valence-electron chi connectivity index (χ3n) is 5.14. The monoisotopic (exact) mass is 409 g/mol. The topological polar surface area (TPSA) is 35.9 Å². The Kier molecular flexibility index (Phi) is 6.07. The van der Waals surface area contributed by atoms with Crippen LogP contribution in [0.5, 0.6) is 0 Å². The van der Waals surface area contributed by atoms with Crippen molar-refractivity contribution in [1.29, 1.82) is 0 Å². The summed E-state index contributed by atoms with van der Waals surface area (Å²) >= 11 is 6.97. The molecule has 0 aliphatic carbocycles. The minimum absolute atomic E-state index is 0.00586. The van der Waals surface area contributed by atoms with Crippen molar-refractivity contribution in [3.8, 4) is 0 Å². The summed E-state index contributed by atoms with van der Waals surface area (Å²) in [6.45, 7) is 2.01. The third-order valence-corrected chi connectivity index (χ3v) is 6.65. The second-order valence-electron chi connectivity index (χ2n) is 7.03. The maximum Gasteiger partial charge on any atom is 0.253 e. The first-order valence-corrected chi connectivity index (χ1v) is 11.0. The Bertz CT molecular complexity index is 864. The van der Waals surface area contributed by atoms with Crippen molar-refractivity contribution in [3.05, 3.63) is 71.8 Å². The molecule has 2 heterocycles. The van der Waals surface area contributed by atoms with Crippen LogP contribution in [-0.2, 0) is 4.79 Å². The van der Waals surface area contributed by atoms with Gasteiger partial charge in [-0.2, -0.15) is 5.10 Å². The van der Waals surface area contributed by atoms with E-state index in [1.165, 1.54) is 24.6 Å². The van der Waals surface area contributed by atoms with Crippen molar-refractivity contribution < 1.29 is 4.79 Å². The minimum atomic E-state index is -0.0649. The highest BCUT2D eigenvalue weighted by Gasteiger charge is 2.33. The first-order valence-electron chi connectivity index (χ1n) is 9.64. The van der Waals surface area contributed by atoms with Crippen molar-refractivity contribution >= 4 is 39.9 Å². The zero-order valence-electron chi connectivity index (χ0n) is 15.7. The normalized spacial score (nSPS) is 19.0. The number of hydrogen-bond acceptors (Lipinski definition) is 4. The molecule has 0 spiro atoms. The van der Waals surface area contributed by atoms with Gasteiger partial charge in [-0.3, -0.25) is 4.79 Å². The highest BCUT2D eigenvalue weighted by molar-refractivity contribution is 8.23. The molecule has 2 aromatic carbocycles. The molecule has 144 valence electrons. The van der Waals surface area contributed by atoms with Crippen LogP contribution in [0, 0.1) is 0 Å². The smallest absolute Gasteiger partial charge is 0.253 e. The van der Waals surface area contributed by atoms with E-state index in [0.717, 1.165) is 40.7 Å². The number of thioether (sulfide) groups is 1. The van der Waals surface area contributed by atoms with Gasteiger partial charge in [0.15, 0.2) is 0 Å². The van der Waals surface area contributed by atoms with Crippen LogP contribution < -0.4 is 0 Å². The predicted octanol–water partition coefficient (Wildman–Crippen LogP) is 4.48. The number of carbonyl (C=O) groups is 1. The lowest BCUT2D eigenvalue weighted by molar-refractivity contribution is -0.130. The maximum absolute atomic E-state index is 13.0. The van der Waals surface area contributed by atoms with E-state index in [4.69, 9.17) is 17.3 Å². The summed E-state index contributed by atoms with van der Waals surface area (Å²) in [5, 5.41) is 6.39. The van der Waals surface area contributed by atoms with Crippen molar-refractivity contribution in [2.75, 3.05) is 18.8 Å². The molecular weight excluding hydrogens is 386 g/mol. The summed E-state index contributed by atoms with van der Waals surface area (Å²) in [5.74, 6) is 0.330. The third kappa shape index (κ3) is 4.28. The molecule has 1 amide bonds. The van der Waals surface area contributed by atoms with Crippen molar-refractivity contribution in [2.45, 2.75) is 25.3 Å². The molecule has 0 radical (unpaired) electrons. The van der Waals surface area contributed by atoms with Crippen LogP contribution in [0.15, 0.2) is 65.8 Å². The van der Waals surface area contributed by atoms with Gasteiger partial charge in [0.05, 0.1) is 17.5 Å². The average Bonchev–Trinajstić information content (AvgIpc) is 3.43. The number of hydrazone groups is 1. The van der Waals surface area contributed by atoms with Crippen molar-refractivity contribution in [3.63, 3.8) is 0 Å². The fraction of sp³-hybridized carbons (Fsp3) is 0.318. The summed E-state index contributed by atoms with van der Waals surface area (Å²) in [6.07, 6.45) is 3.09. The van der Waals surface area contributed by atoms with E-state index in [9.17, 15) is 4.79 Å². The molecule has 1 saturated heterocycles. The molecule has 2 aliphatic heterocycles. The molecule has 4 nitrogen and oxygen atoms in total. The summed E-state index contributed by atoms with van der Waals surface area (Å²) in [6, 6.07) is 20.2. The Morgan fingerprint density at radius 2 is 1.68 bits per heavy atom. The molecular formula is C22H23N3OS2. The van der Waals surface area contributed by atoms with E-state index in [0.29, 0.717) is 5.75 Å². The quantitative estimate of drug-likeness (QED) is 0.698. The van der Waals surface area contributed by atoms with Crippen LogP contribution >= 0.6 is 24.0 Å². The first-order chi connectivity index (χ1) is 13.7. The molecule has 0 bridgehead atoms. The number of carbonyl (C=O) groups excluding carboxylic acids is 1. The van der Waals surface area contributed by atoms with Crippen LogP contribution in [0.2, 0.25) is 0 Å². The van der Waals surface area contributed by atoms with E-state index in [1.54, 1.807) is 5.01 Å². The highest BCUT2D eigenvalue weighted by Crippen LogP contribution is 2.33. The van der Waals surface area contributed by atoms with Gasteiger partial charge in [0.1, 0.15) is 4.32 Å². The van der Waals surface area contributed by atoms with E-state index in [-0.39, 0.29) is 11.9 Å². The second-order valence-corrected chi connectivity index (χ2v) is 8.64. The Morgan fingerprint density at radius 1 is 1.04 bits per heavy atom. The van der Waals surface area contributed by atoms with Crippen LogP contribution in [0.4, 0.5) is 0 Å². The van der Waals surface area contributed by atoms with Crippen LogP contribution in [0.25, 0.3) is 0 Å². The molecule has 0 N–H and O–H groups in total. The minimum Gasteiger partial charge on any atom is -0.358 e. The molecule has 1 atom stereocenters. The predicted molar refractivity (Wildman–Crippen MR) is 119 cm³/mol. The standard InChI is InChI=1S/C22H23N3OS2/c26-21(16-28-22(27)24-13-7-8-14-24)25-20(18-11-5-2-6-12-18)15-19(23-25)17-9-3-1-4-10-17/h1-6,9-12,20H,7-8,13-16H2. The van der Waals surface area contributed by atoms with Gasteiger partial charge in [-0.05, 0) is 24.0 Å². The van der Waals surface area contributed by atoms with E-state index < -0.39 is 0 Å². The largest absolute Gasteiger partial charge is 0.358 e. The Hall–Kier alpha value is -2.18. The van der Waals surface area contributed by atoms with Crippen LogP contribution in [-0.4, -0.2) is 44.7 Å². The number of hydrogen-bond donors (Lipinski definition) is 0. The zero-order valence-corrected chi connectivity index (χ0v) is 17.3. The molecule has 4 rings (SSSR count). The summed E-state index contributed by atoms with van der Waals surface area (Å²) in [7, 11) is 0. The summed E-state index contributed by atoms with van der Waals surface area (Å²) in [4.78, 5) is 15.2. The Balaban J connectivity index is 1.51. The van der Waals surface area contributed by atoms with Crippen LogP contribution in [0.3, 0.4) is 0 Å². The van der Waals surface area contributed by atoms with E-state index >= 15 is 0 Å². The number of thiocarbonyl (C=S) groups is 1. The lowest BCUT2D eigenvalue weighted by Gasteiger charge is -2.23. The number of amides is 1. The summed E-state index contributed by atoms with van der Waals surface area (Å²) in [5.41, 5.74) is 3.13. The van der Waals surface area contributed by atoms with Crippen molar-refractivity contribution in [1.82, 2.24) is 9.91 Å².